The Bertz CT molecular complexity index is 696. The van der Waals surface area contributed by atoms with E-state index in [0.29, 0.717) is 0 Å². The Kier molecular flexibility index (Phi) is 2.21. The molecule has 0 fully saturated rings. The van der Waals surface area contributed by atoms with Gasteiger partial charge < -0.3 is 14.2 Å². The first-order valence-electron chi connectivity index (χ1n) is 6.69. The molecule has 1 aromatic carbocycles. The van der Waals surface area contributed by atoms with Crippen molar-refractivity contribution in [2.45, 2.75) is 12.8 Å². The summed E-state index contributed by atoms with van der Waals surface area (Å²) in [4.78, 5) is 4.38. The summed E-state index contributed by atoms with van der Waals surface area (Å²) in [7, 11) is 2.08. The molecule has 1 aliphatic carbocycles. The molecule has 3 heteroatoms. The van der Waals surface area contributed by atoms with Crippen molar-refractivity contribution in [1.82, 2.24) is 4.90 Å². The first-order valence-corrected chi connectivity index (χ1v) is 6.69. The third-order valence-electron chi connectivity index (χ3n) is 3.85. The van der Waals surface area contributed by atoms with Crippen LogP contribution in [0.5, 0.6) is 0 Å². The lowest BCUT2D eigenvalue weighted by Crippen LogP contribution is -2.21. The largest absolute Gasteiger partial charge is 0.454 e. The Morgan fingerprint density at radius 1 is 1.21 bits per heavy atom. The molecule has 2 aliphatic rings. The Hall–Kier alpha value is -2.16. The molecule has 0 atom stereocenters. The van der Waals surface area contributed by atoms with E-state index in [0.717, 1.165) is 36.5 Å². The number of rotatable bonds is 1. The van der Waals surface area contributed by atoms with Crippen molar-refractivity contribution in [3.05, 3.63) is 48.0 Å². The number of hydrogen-bond donors (Lipinski definition) is 0. The monoisotopic (exact) mass is 252 g/mol. The number of furan rings is 1. The van der Waals surface area contributed by atoms with E-state index in [1.165, 1.54) is 10.9 Å². The number of aryl methyl sites for hydroxylation is 1. The number of hydrogen-bond acceptors (Lipinski definition) is 3. The van der Waals surface area contributed by atoms with Crippen molar-refractivity contribution in [1.29, 1.82) is 0 Å². The van der Waals surface area contributed by atoms with Crippen LogP contribution in [-0.4, -0.2) is 18.6 Å². The summed E-state index contributed by atoms with van der Waals surface area (Å²) in [5.74, 6) is 1.03. The summed E-state index contributed by atoms with van der Waals surface area (Å²) >= 11 is 0. The lowest BCUT2D eigenvalue weighted by Gasteiger charge is -2.18. The summed E-state index contributed by atoms with van der Waals surface area (Å²) in [6.07, 6.45) is 10.7. The van der Waals surface area contributed by atoms with Gasteiger partial charge in [0.1, 0.15) is 5.76 Å². The Morgan fingerprint density at radius 2 is 2.16 bits per heavy atom. The first-order chi connectivity index (χ1) is 9.33. The third kappa shape index (κ3) is 1.58. The van der Waals surface area contributed by atoms with Crippen molar-refractivity contribution in [2.75, 3.05) is 18.6 Å². The topological polar surface area (TPSA) is 19.6 Å². The van der Waals surface area contributed by atoms with Gasteiger partial charge in [-0.1, -0.05) is 18.2 Å². The molecule has 0 saturated carbocycles. The summed E-state index contributed by atoms with van der Waals surface area (Å²) in [6.45, 7) is 0.875. The van der Waals surface area contributed by atoms with Crippen LogP contribution in [0, 0.1) is 0 Å². The second kappa shape index (κ2) is 3.92. The van der Waals surface area contributed by atoms with Crippen LogP contribution in [0.25, 0.3) is 17.0 Å². The summed E-state index contributed by atoms with van der Waals surface area (Å²) in [5, 5.41) is 1.26. The molecule has 0 bridgehead atoms. The summed E-state index contributed by atoms with van der Waals surface area (Å²) < 4.78 is 6.09. The standard InChI is InChI=1S/C16H16N2O/c1-17-9-10-18(11-17)14-7-4-6-13-12-5-2-3-8-15(12)19-16(13)14/h3-4,6-10H,2,5,11H2,1H3. The van der Waals surface area contributed by atoms with Gasteiger partial charge in [0.05, 0.1) is 12.4 Å². The molecular formula is C16H16N2O. The van der Waals surface area contributed by atoms with Gasteiger partial charge in [0.15, 0.2) is 5.58 Å². The van der Waals surface area contributed by atoms with E-state index in [4.69, 9.17) is 4.42 Å². The van der Waals surface area contributed by atoms with E-state index in [1.807, 2.05) is 0 Å². The molecule has 0 unspecified atom stereocenters. The van der Waals surface area contributed by atoms with Crippen molar-refractivity contribution in [3.8, 4) is 0 Å². The normalized spacial score (nSPS) is 17.5. The van der Waals surface area contributed by atoms with Crippen LogP contribution in [0.15, 0.2) is 41.1 Å². The zero-order valence-corrected chi connectivity index (χ0v) is 11.0. The van der Waals surface area contributed by atoms with Crippen LogP contribution in [0.1, 0.15) is 17.7 Å². The molecule has 0 spiro atoms. The molecular weight excluding hydrogens is 236 g/mol. The smallest absolute Gasteiger partial charge is 0.158 e. The maximum absolute atomic E-state index is 6.09. The lowest BCUT2D eigenvalue weighted by molar-refractivity contribution is 0.495. The molecule has 1 aliphatic heterocycles. The SMILES string of the molecule is CN1C=CN(c2cccc3c4c(oc23)C=CCC4)C1. The van der Waals surface area contributed by atoms with Crippen LogP contribution in [0.3, 0.4) is 0 Å². The van der Waals surface area contributed by atoms with Gasteiger partial charge in [-0.2, -0.15) is 0 Å². The van der Waals surface area contributed by atoms with E-state index in [1.54, 1.807) is 0 Å². The molecule has 96 valence electrons. The van der Waals surface area contributed by atoms with Gasteiger partial charge >= 0.3 is 0 Å². The number of fused-ring (bicyclic) bond motifs is 3. The molecule has 0 amide bonds. The predicted octanol–water partition coefficient (Wildman–Crippen LogP) is 3.57. The Morgan fingerprint density at radius 3 is 3.00 bits per heavy atom. The lowest BCUT2D eigenvalue weighted by atomic mass is 10.0. The quantitative estimate of drug-likeness (QED) is 0.773. The van der Waals surface area contributed by atoms with E-state index in [9.17, 15) is 0 Å². The highest BCUT2D eigenvalue weighted by Crippen LogP contribution is 2.37. The van der Waals surface area contributed by atoms with Gasteiger partial charge in [-0.15, -0.1) is 0 Å². The molecule has 4 rings (SSSR count). The highest BCUT2D eigenvalue weighted by Gasteiger charge is 2.20. The maximum atomic E-state index is 6.09. The second-order valence-corrected chi connectivity index (χ2v) is 5.21. The van der Waals surface area contributed by atoms with Gasteiger partial charge in [-0.25, -0.2) is 0 Å². The number of benzene rings is 1. The fourth-order valence-electron chi connectivity index (χ4n) is 2.90. The molecule has 2 aromatic rings. The number of para-hydroxylation sites is 1. The third-order valence-corrected chi connectivity index (χ3v) is 3.85. The minimum absolute atomic E-state index is 0.875. The molecule has 2 heterocycles. The predicted molar refractivity (Wildman–Crippen MR) is 77.8 cm³/mol. The molecule has 0 N–H and O–H groups in total. The minimum Gasteiger partial charge on any atom is -0.454 e. The molecule has 3 nitrogen and oxygen atoms in total. The molecule has 0 radical (unpaired) electrons. The average Bonchev–Trinajstić information content (AvgIpc) is 3.02. The fraction of sp³-hybridized carbons (Fsp3) is 0.250. The van der Waals surface area contributed by atoms with Gasteiger partial charge in [-0.05, 0) is 25.0 Å². The van der Waals surface area contributed by atoms with Crippen LogP contribution in [0.2, 0.25) is 0 Å². The van der Waals surface area contributed by atoms with Crippen LogP contribution >= 0.6 is 0 Å². The molecule has 19 heavy (non-hydrogen) atoms. The van der Waals surface area contributed by atoms with E-state index in [-0.39, 0.29) is 0 Å². The van der Waals surface area contributed by atoms with Gasteiger partial charge in [0.2, 0.25) is 0 Å². The minimum atomic E-state index is 0.875. The highest BCUT2D eigenvalue weighted by molar-refractivity contribution is 5.94. The number of allylic oxidation sites excluding steroid dienone is 1. The van der Waals surface area contributed by atoms with Crippen LogP contribution in [0.4, 0.5) is 5.69 Å². The maximum Gasteiger partial charge on any atom is 0.158 e. The van der Waals surface area contributed by atoms with E-state index < -0.39 is 0 Å². The van der Waals surface area contributed by atoms with E-state index >= 15 is 0 Å². The van der Waals surface area contributed by atoms with Crippen molar-refractivity contribution >= 4 is 22.7 Å². The van der Waals surface area contributed by atoms with Crippen molar-refractivity contribution in [3.63, 3.8) is 0 Å². The highest BCUT2D eigenvalue weighted by atomic mass is 16.3. The number of anilines is 1. The van der Waals surface area contributed by atoms with Gasteiger partial charge in [0, 0.05) is 30.4 Å². The molecule has 1 aromatic heterocycles. The zero-order valence-electron chi connectivity index (χ0n) is 11.0. The fourth-order valence-corrected chi connectivity index (χ4v) is 2.90. The summed E-state index contributed by atoms with van der Waals surface area (Å²) in [5.41, 5.74) is 3.52. The Balaban J connectivity index is 1.90. The van der Waals surface area contributed by atoms with Crippen LogP contribution in [-0.2, 0) is 6.42 Å². The van der Waals surface area contributed by atoms with Crippen molar-refractivity contribution in [2.24, 2.45) is 0 Å². The van der Waals surface area contributed by atoms with Crippen molar-refractivity contribution < 1.29 is 4.42 Å². The first kappa shape index (κ1) is 10.7. The average molecular weight is 252 g/mol. The van der Waals surface area contributed by atoms with Gasteiger partial charge in [-0.3, -0.25) is 0 Å². The Labute approximate surface area is 112 Å². The second-order valence-electron chi connectivity index (χ2n) is 5.21. The zero-order chi connectivity index (χ0) is 12.8. The summed E-state index contributed by atoms with van der Waals surface area (Å²) in [6, 6.07) is 6.42. The van der Waals surface area contributed by atoms with Gasteiger partial charge in [0.25, 0.3) is 0 Å². The van der Waals surface area contributed by atoms with Crippen LogP contribution < -0.4 is 4.90 Å². The molecule has 0 saturated heterocycles. The van der Waals surface area contributed by atoms with E-state index in [2.05, 4.69) is 59.6 Å². The number of nitrogens with zero attached hydrogens (tertiary/aromatic N) is 2.